The maximum Gasteiger partial charge on any atom is 0.0587 e. The predicted octanol–water partition coefficient (Wildman–Crippen LogP) is 2.64. The number of hydrogen-bond acceptors (Lipinski definition) is 2. The van der Waals surface area contributed by atoms with Gasteiger partial charge in [0, 0.05) is 24.7 Å². The SMILES string of the molecule is COCCN[C@H](C)c1cccc(Cl)c1. The molecule has 1 aromatic rings. The number of halogens is 1. The summed E-state index contributed by atoms with van der Waals surface area (Å²) in [7, 11) is 1.70. The highest BCUT2D eigenvalue weighted by Gasteiger charge is 2.03. The number of methoxy groups -OCH3 is 1. The van der Waals surface area contributed by atoms with E-state index < -0.39 is 0 Å². The van der Waals surface area contributed by atoms with Crippen molar-refractivity contribution in [1.29, 1.82) is 0 Å². The van der Waals surface area contributed by atoms with E-state index in [0.29, 0.717) is 6.04 Å². The van der Waals surface area contributed by atoms with Gasteiger partial charge in [-0.25, -0.2) is 0 Å². The van der Waals surface area contributed by atoms with Crippen molar-refractivity contribution in [2.75, 3.05) is 20.3 Å². The third kappa shape index (κ3) is 3.66. The monoisotopic (exact) mass is 213 g/mol. The Morgan fingerprint density at radius 2 is 2.29 bits per heavy atom. The highest BCUT2D eigenvalue weighted by Crippen LogP contribution is 2.16. The van der Waals surface area contributed by atoms with E-state index in [1.165, 1.54) is 5.56 Å². The van der Waals surface area contributed by atoms with E-state index >= 15 is 0 Å². The molecule has 1 N–H and O–H groups in total. The largest absolute Gasteiger partial charge is 0.383 e. The zero-order valence-electron chi connectivity index (χ0n) is 8.59. The van der Waals surface area contributed by atoms with Crippen molar-refractivity contribution in [2.24, 2.45) is 0 Å². The highest BCUT2D eigenvalue weighted by atomic mass is 35.5. The van der Waals surface area contributed by atoms with E-state index in [9.17, 15) is 0 Å². The van der Waals surface area contributed by atoms with Crippen LogP contribution in [0.3, 0.4) is 0 Å². The number of ether oxygens (including phenoxy) is 1. The first-order valence-corrected chi connectivity index (χ1v) is 5.09. The molecule has 1 aromatic carbocycles. The smallest absolute Gasteiger partial charge is 0.0587 e. The van der Waals surface area contributed by atoms with Gasteiger partial charge in [-0.3, -0.25) is 0 Å². The van der Waals surface area contributed by atoms with E-state index in [0.717, 1.165) is 18.2 Å². The van der Waals surface area contributed by atoms with Gasteiger partial charge < -0.3 is 10.1 Å². The van der Waals surface area contributed by atoms with Crippen LogP contribution in [0.2, 0.25) is 5.02 Å². The van der Waals surface area contributed by atoms with E-state index in [1.54, 1.807) is 7.11 Å². The Morgan fingerprint density at radius 3 is 2.93 bits per heavy atom. The van der Waals surface area contributed by atoms with Crippen molar-refractivity contribution in [1.82, 2.24) is 5.32 Å². The lowest BCUT2D eigenvalue weighted by atomic mass is 10.1. The molecule has 1 rings (SSSR count). The van der Waals surface area contributed by atoms with E-state index in [1.807, 2.05) is 18.2 Å². The topological polar surface area (TPSA) is 21.3 Å². The molecular weight excluding hydrogens is 198 g/mol. The van der Waals surface area contributed by atoms with Gasteiger partial charge in [0.1, 0.15) is 0 Å². The number of hydrogen-bond donors (Lipinski definition) is 1. The molecule has 0 aliphatic carbocycles. The molecule has 0 radical (unpaired) electrons. The molecule has 0 aromatic heterocycles. The zero-order chi connectivity index (χ0) is 10.4. The first-order valence-electron chi connectivity index (χ1n) is 4.72. The Bertz CT molecular complexity index is 278. The second-order valence-electron chi connectivity index (χ2n) is 3.22. The maximum absolute atomic E-state index is 5.90. The quantitative estimate of drug-likeness (QED) is 0.760. The van der Waals surface area contributed by atoms with E-state index in [4.69, 9.17) is 16.3 Å². The lowest BCUT2D eigenvalue weighted by Crippen LogP contribution is -2.22. The van der Waals surface area contributed by atoms with Gasteiger partial charge in [-0.2, -0.15) is 0 Å². The number of nitrogens with one attached hydrogen (secondary N) is 1. The lowest BCUT2D eigenvalue weighted by molar-refractivity contribution is 0.196. The minimum Gasteiger partial charge on any atom is -0.383 e. The fourth-order valence-electron chi connectivity index (χ4n) is 1.27. The lowest BCUT2D eigenvalue weighted by Gasteiger charge is -2.13. The van der Waals surface area contributed by atoms with Crippen LogP contribution in [0.1, 0.15) is 18.5 Å². The summed E-state index contributed by atoms with van der Waals surface area (Å²) in [5, 5.41) is 4.12. The molecule has 0 unspecified atom stereocenters. The van der Waals surface area contributed by atoms with Gasteiger partial charge in [0.05, 0.1) is 6.61 Å². The Labute approximate surface area is 90.2 Å². The molecule has 78 valence electrons. The van der Waals surface area contributed by atoms with Gasteiger partial charge in [-0.1, -0.05) is 23.7 Å². The molecule has 3 heteroatoms. The van der Waals surface area contributed by atoms with Crippen LogP contribution in [0.4, 0.5) is 0 Å². The molecule has 0 spiro atoms. The van der Waals surface area contributed by atoms with Gasteiger partial charge in [-0.15, -0.1) is 0 Å². The second kappa shape index (κ2) is 6.02. The van der Waals surface area contributed by atoms with Gasteiger partial charge in [-0.05, 0) is 24.6 Å². The van der Waals surface area contributed by atoms with E-state index in [2.05, 4.69) is 18.3 Å². The fourth-order valence-corrected chi connectivity index (χ4v) is 1.47. The van der Waals surface area contributed by atoms with Gasteiger partial charge >= 0.3 is 0 Å². The predicted molar refractivity (Wildman–Crippen MR) is 59.7 cm³/mol. The molecular formula is C11H16ClNO. The molecule has 0 bridgehead atoms. The van der Waals surface area contributed by atoms with Crippen molar-refractivity contribution in [3.63, 3.8) is 0 Å². The van der Waals surface area contributed by atoms with Crippen LogP contribution < -0.4 is 5.32 Å². The first kappa shape index (κ1) is 11.5. The Hall–Kier alpha value is -0.570. The number of benzene rings is 1. The summed E-state index contributed by atoms with van der Waals surface area (Å²) in [4.78, 5) is 0. The van der Waals surface area contributed by atoms with Crippen LogP contribution in [-0.2, 0) is 4.74 Å². The summed E-state index contributed by atoms with van der Waals surface area (Å²) in [6.07, 6.45) is 0. The van der Waals surface area contributed by atoms with Crippen molar-refractivity contribution < 1.29 is 4.74 Å². The fraction of sp³-hybridized carbons (Fsp3) is 0.455. The number of rotatable bonds is 5. The molecule has 0 saturated heterocycles. The molecule has 14 heavy (non-hydrogen) atoms. The normalized spacial score (nSPS) is 12.8. The van der Waals surface area contributed by atoms with E-state index in [-0.39, 0.29) is 0 Å². The third-order valence-electron chi connectivity index (χ3n) is 2.11. The average molecular weight is 214 g/mol. The van der Waals surface area contributed by atoms with Gasteiger partial charge in [0.2, 0.25) is 0 Å². The molecule has 0 fully saturated rings. The van der Waals surface area contributed by atoms with Crippen molar-refractivity contribution in [3.05, 3.63) is 34.9 Å². The standard InChI is InChI=1S/C11H16ClNO/c1-9(13-6-7-14-2)10-4-3-5-11(12)8-10/h3-5,8-9,13H,6-7H2,1-2H3/t9-/m1/s1. The first-order chi connectivity index (χ1) is 6.74. The third-order valence-corrected chi connectivity index (χ3v) is 2.34. The second-order valence-corrected chi connectivity index (χ2v) is 3.66. The summed E-state index contributed by atoms with van der Waals surface area (Å²) in [6, 6.07) is 8.20. The van der Waals surface area contributed by atoms with Gasteiger partial charge in [0.15, 0.2) is 0 Å². The van der Waals surface area contributed by atoms with Crippen LogP contribution >= 0.6 is 11.6 Å². The van der Waals surface area contributed by atoms with Crippen LogP contribution in [0.15, 0.2) is 24.3 Å². The summed E-state index contributed by atoms with van der Waals surface area (Å²) in [5.41, 5.74) is 1.20. The maximum atomic E-state index is 5.90. The van der Waals surface area contributed by atoms with Crippen molar-refractivity contribution >= 4 is 11.6 Å². The minimum absolute atomic E-state index is 0.309. The minimum atomic E-state index is 0.309. The van der Waals surface area contributed by atoms with Crippen molar-refractivity contribution in [2.45, 2.75) is 13.0 Å². The molecule has 0 saturated carbocycles. The Morgan fingerprint density at radius 1 is 1.50 bits per heavy atom. The Kier molecular flexibility index (Phi) is 4.94. The Balaban J connectivity index is 2.47. The molecule has 2 nitrogen and oxygen atoms in total. The van der Waals surface area contributed by atoms with Crippen LogP contribution in [0.5, 0.6) is 0 Å². The molecule has 0 heterocycles. The summed E-state index contributed by atoms with van der Waals surface area (Å²) in [5.74, 6) is 0. The van der Waals surface area contributed by atoms with Gasteiger partial charge in [0.25, 0.3) is 0 Å². The van der Waals surface area contributed by atoms with Crippen LogP contribution in [-0.4, -0.2) is 20.3 Å². The van der Waals surface area contributed by atoms with Crippen LogP contribution in [0, 0.1) is 0 Å². The summed E-state index contributed by atoms with van der Waals surface area (Å²) in [6.45, 7) is 3.69. The molecule has 1 atom stereocenters. The average Bonchev–Trinajstić information content (AvgIpc) is 2.18. The highest BCUT2D eigenvalue weighted by molar-refractivity contribution is 6.30. The molecule has 0 aliphatic heterocycles. The summed E-state index contributed by atoms with van der Waals surface area (Å²) < 4.78 is 4.96. The molecule has 0 amide bonds. The summed E-state index contributed by atoms with van der Waals surface area (Å²) >= 11 is 5.90. The zero-order valence-corrected chi connectivity index (χ0v) is 9.34. The molecule has 0 aliphatic rings. The van der Waals surface area contributed by atoms with Crippen molar-refractivity contribution in [3.8, 4) is 0 Å². The van der Waals surface area contributed by atoms with Crippen LogP contribution in [0.25, 0.3) is 0 Å².